The summed E-state index contributed by atoms with van der Waals surface area (Å²) in [5.41, 5.74) is 13.0. The van der Waals surface area contributed by atoms with Crippen molar-refractivity contribution in [3.8, 4) is 33.4 Å². The second-order valence-electron chi connectivity index (χ2n) is 34.2. The Morgan fingerprint density at radius 1 is 0.450 bits per heavy atom. The minimum absolute atomic E-state index is 0. The van der Waals surface area contributed by atoms with Crippen molar-refractivity contribution in [3.05, 3.63) is 212 Å². The number of hydrogen-bond acceptors (Lipinski definition) is 21. The molecule has 0 radical (unpaired) electrons. The number of fused-ring (bicyclic) bond motifs is 7. The zero-order valence-corrected chi connectivity index (χ0v) is 79.1. The molecule has 0 unspecified atom stereocenters. The summed E-state index contributed by atoms with van der Waals surface area (Å²) >= 11 is 35.4. The van der Waals surface area contributed by atoms with E-state index >= 15 is 0 Å². The summed E-state index contributed by atoms with van der Waals surface area (Å²) in [4.78, 5) is 120. The van der Waals surface area contributed by atoms with Crippen molar-refractivity contribution < 1.29 is 58.0 Å². The van der Waals surface area contributed by atoms with E-state index in [0.29, 0.717) is 97.5 Å². The number of amides is 7. The first-order valence-electron chi connectivity index (χ1n) is 40.5. The van der Waals surface area contributed by atoms with Crippen molar-refractivity contribution in [2.75, 3.05) is 46.6 Å². The number of piperidine rings is 2. The first-order valence-corrected chi connectivity index (χ1v) is 44.7. The Balaban J connectivity index is 0.000000159. The van der Waals surface area contributed by atoms with E-state index in [1.165, 1.54) is 0 Å². The second-order valence-corrected chi connectivity index (χ2v) is 38.6. The first kappa shape index (κ1) is 97.6. The van der Waals surface area contributed by atoms with Gasteiger partial charge in [-0.2, -0.15) is 0 Å². The van der Waals surface area contributed by atoms with Crippen LogP contribution in [0.5, 0.6) is 0 Å². The summed E-state index contributed by atoms with van der Waals surface area (Å²) in [5, 5.41) is 33.9. The Hall–Kier alpha value is -10.5. The number of aryl methyl sites for hydroxylation is 3. The third-order valence-corrected chi connectivity index (χ3v) is 26.0. The van der Waals surface area contributed by atoms with Crippen molar-refractivity contribution in [1.82, 2.24) is 58.6 Å². The number of carbonyl (C=O) groups excluding carboxylic acids is 7. The summed E-state index contributed by atoms with van der Waals surface area (Å²) in [7, 11) is 5.79. The Labute approximate surface area is 798 Å². The van der Waals surface area contributed by atoms with Gasteiger partial charge in [-0.15, -0.1) is 0 Å². The maximum Gasteiger partial charge on any atom is 0.417 e. The van der Waals surface area contributed by atoms with E-state index in [1.54, 1.807) is 111 Å². The van der Waals surface area contributed by atoms with Crippen LogP contribution in [-0.4, -0.2) is 161 Å². The predicted octanol–water partition coefficient (Wildman–Crippen LogP) is 22.2. The Morgan fingerprint density at radius 3 is 1.16 bits per heavy atom. The number of hydrogen-bond donors (Lipinski definition) is 5. The molecule has 12 aromatic rings. The number of carbonyl (C=O) groups is 7. The van der Waals surface area contributed by atoms with Gasteiger partial charge in [0.05, 0.1) is 104 Å². The molecule has 0 atom stereocenters. The molecule has 129 heavy (non-hydrogen) atoms. The number of rotatable bonds is 9. The summed E-state index contributed by atoms with van der Waals surface area (Å²) < 4.78 is 24.0. The minimum atomic E-state index is -0.771. The molecule has 8 aromatic heterocycles. The van der Waals surface area contributed by atoms with Crippen LogP contribution in [0.15, 0.2) is 143 Å². The van der Waals surface area contributed by atoms with E-state index in [4.69, 9.17) is 60.6 Å². The Bertz CT molecular complexity index is 6410. The van der Waals surface area contributed by atoms with E-state index in [9.17, 15) is 43.8 Å². The molecule has 14 heterocycles. The van der Waals surface area contributed by atoms with E-state index in [1.807, 2.05) is 120 Å². The number of aliphatic hydroxyl groups excluding tert-OH is 2. The van der Waals surface area contributed by atoms with Crippen molar-refractivity contribution in [1.29, 1.82) is 0 Å². The topological polar surface area (TPSA) is 319 Å². The molecular weight excluding hydrogens is 1970 g/mol. The van der Waals surface area contributed by atoms with Crippen molar-refractivity contribution in [3.63, 3.8) is 0 Å². The van der Waals surface area contributed by atoms with Crippen LogP contribution in [0.3, 0.4) is 0 Å². The molecule has 678 valence electrons. The lowest BCUT2D eigenvalue weighted by atomic mass is 9.94. The molecule has 2 saturated heterocycles. The quantitative estimate of drug-likeness (QED) is 0.0509. The SMILES string of the molecule is C.C.C.CC(C)(C)OC(=O)N1Cc2c(I)c(Cl)cc(Br)c2C1=O.Cn1ccc2c(-c3c(Cl)cc(Br)c4c3CN(C(=O)OC(C)(C)C)C4=O)ccnc21.Cn1ccc2c(-c3c(Cl)cc(Nc4ccc(N5CCC(O)CC5)cn4)c4c3CN(C(=O)OC(C)(C)C)C4=O)ccnc21.Cn1ccc2c(-c3c(Cl)cc(Nc4ccc(N5CCC(O)CC5)cn4)c4c3CNC4=O)ccnc21. The number of nitrogens with one attached hydrogen (secondary N) is 3. The number of nitrogens with zero attached hydrogens (tertiary/aromatic N) is 13. The molecule has 5 N–H and O–H groups in total. The highest BCUT2D eigenvalue weighted by molar-refractivity contribution is 14.1. The normalized spacial score (nSPS) is 14.8. The van der Waals surface area contributed by atoms with Gasteiger partial charge in [0.15, 0.2) is 0 Å². The number of halogens is 7. The van der Waals surface area contributed by atoms with Crippen molar-refractivity contribution in [2.45, 2.75) is 165 Å². The van der Waals surface area contributed by atoms with Crippen LogP contribution in [0.4, 0.5) is 48.8 Å². The zero-order chi connectivity index (χ0) is 90.2. The maximum absolute atomic E-state index is 13.9. The van der Waals surface area contributed by atoms with Gasteiger partial charge in [-0.25, -0.2) is 54.0 Å². The van der Waals surface area contributed by atoms with Crippen LogP contribution in [0.1, 0.15) is 174 Å². The van der Waals surface area contributed by atoms with Crippen LogP contribution in [0, 0.1) is 3.57 Å². The third-order valence-electron chi connectivity index (χ3n) is 22.0. The van der Waals surface area contributed by atoms with Crippen molar-refractivity contribution in [2.24, 2.45) is 21.1 Å². The van der Waals surface area contributed by atoms with Gasteiger partial charge in [-0.1, -0.05) is 68.7 Å². The van der Waals surface area contributed by atoms with E-state index < -0.39 is 46.9 Å². The monoisotopic (exact) mass is 2070 g/mol. The number of benzene rings is 4. The summed E-state index contributed by atoms with van der Waals surface area (Å²) in [5.74, 6) is -0.220. The van der Waals surface area contributed by atoms with E-state index in [-0.39, 0.29) is 65.9 Å². The van der Waals surface area contributed by atoms with Crippen LogP contribution >= 0.6 is 101 Å². The Morgan fingerprint density at radius 2 is 0.783 bits per heavy atom. The standard InChI is InChI=1S/C31H33ClN6O4.C26H25ClN6O2.C21H19BrClN3O3.C13H12BrClINO3.3CH4/c1-31(2,3)42-30(41)38-17-22-26(20-7-11-33-28-21(20)10-12-36(28)4)23(32)15-24(27(22)29(38)40)35-25-6-5-18(16-34-25)37-13-8-19(39)9-14-37;1-32-9-7-18-17(4-8-28-25(18)32)23-19-14-30-26(35)24(19)21(12-20(23)27)31-22-3-2-15(13-29-22)33-10-5-16(34)6-11-33;1-21(2,3)29-20(28)26-10-13-16(15(23)9-14(22)17(13)19(26)27)11-5-7-24-18-12(11)6-8-25(18)4;1-13(2,3)20-12(19)17-5-6-9(11(17)18)7(14)4-8(15)10(6)16;;;/h5-7,10-12,15-16,19,39H,8-9,13-14,17H2,1-4H3,(H,34,35);2-4,7-9,12-13,16,34H,5-6,10-11,14H2,1H3,(H,29,31)(H,30,35);5-9H,10H2,1-4H3;4H,5H2,1-3H3;3*1H4. The highest BCUT2D eigenvalue weighted by Gasteiger charge is 2.43. The average Bonchev–Trinajstić information content (AvgIpc) is 1.54. The summed E-state index contributed by atoms with van der Waals surface area (Å²) in [6.45, 7) is 19.7. The number of aromatic nitrogens is 8. The van der Waals surface area contributed by atoms with E-state index in [2.05, 4.69) is 105 Å². The molecule has 4 aromatic carbocycles. The fourth-order valence-electron chi connectivity index (χ4n) is 16.1. The van der Waals surface area contributed by atoms with Gasteiger partial charge >= 0.3 is 18.3 Å². The minimum Gasteiger partial charge on any atom is -0.443 e. The van der Waals surface area contributed by atoms with Crippen LogP contribution < -0.4 is 25.8 Å². The predicted molar refractivity (Wildman–Crippen MR) is 523 cm³/mol. The van der Waals surface area contributed by atoms with Gasteiger partial charge in [0.1, 0.15) is 45.4 Å². The second kappa shape index (κ2) is 38.9. The van der Waals surface area contributed by atoms with Gasteiger partial charge in [0.25, 0.3) is 23.6 Å². The molecule has 0 spiro atoms. The highest BCUT2D eigenvalue weighted by Crippen LogP contribution is 2.49. The lowest BCUT2D eigenvalue weighted by Gasteiger charge is -2.31. The summed E-state index contributed by atoms with van der Waals surface area (Å²) in [6.07, 6.45) is 15.1. The fraction of sp³-hybridized carbons (Fsp3) is 0.340. The van der Waals surface area contributed by atoms with Crippen molar-refractivity contribution >= 4 is 210 Å². The molecule has 6 aliphatic rings. The molecular formula is C94H101Br2Cl4IN16O12. The van der Waals surface area contributed by atoms with Crippen LogP contribution in [0.25, 0.3) is 66.5 Å². The fourth-order valence-corrected chi connectivity index (χ4v) is 19.4. The van der Waals surface area contributed by atoms with Gasteiger partial charge in [0, 0.05) is 147 Å². The molecule has 0 aliphatic carbocycles. The molecule has 35 heteroatoms. The number of aliphatic hydroxyl groups is 2. The van der Waals surface area contributed by atoms with E-state index in [0.717, 1.165) is 154 Å². The molecule has 28 nitrogen and oxygen atoms in total. The first-order chi connectivity index (χ1) is 59.7. The smallest absolute Gasteiger partial charge is 0.417 e. The lowest BCUT2D eigenvalue weighted by Crippen LogP contribution is -2.37. The number of anilines is 6. The number of imide groups is 3. The Kier molecular flexibility index (Phi) is 29.4. The van der Waals surface area contributed by atoms with Gasteiger partial charge in [-0.3, -0.25) is 19.2 Å². The third kappa shape index (κ3) is 20.2. The molecule has 7 amide bonds. The molecule has 0 bridgehead atoms. The highest BCUT2D eigenvalue weighted by atomic mass is 127. The largest absolute Gasteiger partial charge is 0.443 e. The molecule has 2 fully saturated rings. The number of ether oxygens (including phenoxy) is 3. The van der Waals surface area contributed by atoms with Gasteiger partial charge < -0.3 is 63.9 Å². The average molecular weight is 2080 g/mol. The summed E-state index contributed by atoms with van der Waals surface area (Å²) in [6, 6.07) is 26.2. The number of pyridine rings is 5. The maximum atomic E-state index is 13.9. The lowest BCUT2D eigenvalue weighted by molar-refractivity contribution is 0.0231. The van der Waals surface area contributed by atoms with Crippen LogP contribution in [0.2, 0.25) is 20.1 Å². The molecule has 6 aliphatic heterocycles. The van der Waals surface area contributed by atoms with Gasteiger partial charge in [-0.05, 0) is 261 Å². The zero-order valence-electron chi connectivity index (χ0n) is 70.8. The molecule has 18 rings (SSSR count). The molecule has 0 saturated carbocycles. The van der Waals surface area contributed by atoms with Crippen LogP contribution in [-0.2, 0) is 61.5 Å². The van der Waals surface area contributed by atoms with Gasteiger partial charge in [0.2, 0.25) is 0 Å².